The van der Waals surface area contributed by atoms with Gasteiger partial charge < -0.3 is 5.32 Å². The van der Waals surface area contributed by atoms with Gasteiger partial charge in [0.2, 0.25) is 0 Å². The van der Waals surface area contributed by atoms with Gasteiger partial charge >= 0.3 is 0 Å². The van der Waals surface area contributed by atoms with Crippen molar-refractivity contribution in [2.24, 2.45) is 0 Å². The van der Waals surface area contributed by atoms with Crippen LogP contribution in [0.4, 0.5) is 0 Å². The van der Waals surface area contributed by atoms with E-state index in [1.807, 2.05) is 12.3 Å². The number of nitrogens with zero attached hydrogens (tertiary/aromatic N) is 1. The van der Waals surface area contributed by atoms with Crippen LogP contribution in [0.1, 0.15) is 18.4 Å². The Labute approximate surface area is 111 Å². The van der Waals surface area contributed by atoms with Gasteiger partial charge in [-0.1, -0.05) is 34.1 Å². The quantitative estimate of drug-likeness (QED) is 0.651. The molecule has 17 heavy (non-hydrogen) atoms. The van der Waals surface area contributed by atoms with E-state index in [0.29, 0.717) is 0 Å². The molecular weight excluding hydrogens is 276 g/mol. The zero-order chi connectivity index (χ0) is 11.9. The van der Waals surface area contributed by atoms with Crippen molar-refractivity contribution >= 4 is 26.8 Å². The predicted octanol–water partition coefficient (Wildman–Crippen LogP) is 3.50. The Balaban J connectivity index is 1.98. The number of aromatic nitrogens is 1. The number of nitrogens with one attached hydrogen (secondary N) is 1. The van der Waals surface area contributed by atoms with Crippen LogP contribution in [-0.2, 0) is 6.54 Å². The average Bonchev–Trinajstić information content (AvgIpc) is 2.39. The van der Waals surface area contributed by atoms with E-state index < -0.39 is 0 Å². The van der Waals surface area contributed by atoms with Gasteiger partial charge in [-0.15, -0.1) is 0 Å². The van der Waals surface area contributed by atoms with E-state index in [9.17, 15) is 0 Å². The van der Waals surface area contributed by atoms with E-state index in [1.54, 1.807) is 0 Å². The highest BCUT2D eigenvalue weighted by molar-refractivity contribution is 9.09. The number of fused-ring (bicyclic) bond motifs is 1. The average molecular weight is 293 g/mol. The van der Waals surface area contributed by atoms with E-state index in [0.717, 1.165) is 23.9 Å². The molecule has 0 amide bonds. The number of unbranched alkanes of at least 4 members (excludes halogenated alkanes) is 1. The molecule has 90 valence electrons. The fourth-order valence-corrected chi connectivity index (χ4v) is 2.27. The Hall–Kier alpha value is -0.930. The lowest BCUT2D eigenvalue weighted by Gasteiger charge is -2.07. The molecule has 1 aromatic carbocycles. The zero-order valence-electron chi connectivity index (χ0n) is 9.82. The molecule has 2 nitrogen and oxygen atoms in total. The van der Waals surface area contributed by atoms with Crippen molar-refractivity contribution in [3.63, 3.8) is 0 Å². The van der Waals surface area contributed by atoms with E-state index in [1.165, 1.54) is 23.8 Å². The third kappa shape index (κ3) is 3.51. The van der Waals surface area contributed by atoms with Crippen molar-refractivity contribution in [3.05, 3.63) is 42.1 Å². The van der Waals surface area contributed by atoms with Crippen molar-refractivity contribution in [1.82, 2.24) is 10.3 Å². The van der Waals surface area contributed by atoms with Crippen molar-refractivity contribution in [3.8, 4) is 0 Å². The molecule has 0 saturated heterocycles. The van der Waals surface area contributed by atoms with Crippen molar-refractivity contribution in [1.29, 1.82) is 0 Å². The van der Waals surface area contributed by atoms with Crippen LogP contribution in [0.5, 0.6) is 0 Å². The van der Waals surface area contributed by atoms with Crippen LogP contribution in [-0.4, -0.2) is 16.9 Å². The summed E-state index contributed by atoms with van der Waals surface area (Å²) in [5, 5.41) is 5.82. The summed E-state index contributed by atoms with van der Waals surface area (Å²) < 4.78 is 0. The maximum Gasteiger partial charge on any atom is 0.0705 e. The second kappa shape index (κ2) is 6.72. The molecule has 0 spiro atoms. The summed E-state index contributed by atoms with van der Waals surface area (Å²) in [5.41, 5.74) is 2.40. The van der Waals surface area contributed by atoms with Crippen LogP contribution in [0.2, 0.25) is 0 Å². The van der Waals surface area contributed by atoms with Gasteiger partial charge in [-0.05, 0) is 37.1 Å². The summed E-state index contributed by atoms with van der Waals surface area (Å²) in [6.45, 7) is 1.99. The summed E-state index contributed by atoms with van der Waals surface area (Å²) in [5.74, 6) is 0. The largest absolute Gasteiger partial charge is 0.313 e. The lowest BCUT2D eigenvalue weighted by atomic mass is 10.1. The smallest absolute Gasteiger partial charge is 0.0705 e. The van der Waals surface area contributed by atoms with Gasteiger partial charge in [0, 0.05) is 23.5 Å². The third-order valence-electron chi connectivity index (χ3n) is 2.79. The number of rotatable bonds is 6. The molecule has 3 heteroatoms. The molecule has 1 aromatic heterocycles. The molecule has 0 fully saturated rings. The molecule has 1 heterocycles. The number of para-hydroxylation sites is 1. The second-order valence-electron chi connectivity index (χ2n) is 4.06. The molecule has 0 saturated carbocycles. The first kappa shape index (κ1) is 12.5. The topological polar surface area (TPSA) is 24.9 Å². The SMILES string of the molecule is BrCCCCNCc1ccnc2ccccc12. The number of benzene rings is 1. The Morgan fingerprint density at radius 2 is 2.00 bits per heavy atom. The molecule has 0 unspecified atom stereocenters. The normalized spacial score (nSPS) is 10.9. The molecule has 2 aromatic rings. The second-order valence-corrected chi connectivity index (χ2v) is 4.85. The number of halogens is 1. The number of alkyl halides is 1. The summed E-state index contributed by atoms with van der Waals surface area (Å²) in [4.78, 5) is 4.37. The van der Waals surface area contributed by atoms with Crippen LogP contribution < -0.4 is 5.32 Å². The lowest BCUT2D eigenvalue weighted by Crippen LogP contribution is -2.15. The summed E-state index contributed by atoms with van der Waals surface area (Å²) in [7, 11) is 0. The minimum atomic E-state index is 0.922. The Morgan fingerprint density at radius 1 is 1.12 bits per heavy atom. The van der Waals surface area contributed by atoms with Gasteiger partial charge in [0.05, 0.1) is 5.52 Å². The molecule has 1 N–H and O–H groups in total. The first-order valence-electron chi connectivity index (χ1n) is 6.01. The Morgan fingerprint density at radius 3 is 2.88 bits per heavy atom. The molecule has 0 atom stereocenters. The predicted molar refractivity (Wildman–Crippen MR) is 76.5 cm³/mol. The monoisotopic (exact) mass is 292 g/mol. The van der Waals surface area contributed by atoms with Crippen molar-refractivity contribution in [2.45, 2.75) is 19.4 Å². The molecular formula is C14H17BrN2. The molecule has 0 bridgehead atoms. The molecule has 0 radical (unpaired) electrons. The summed E-state index contributed by atoms with van der Waals surface area (Å²) in [6.07, 6.45) is 4.33. The Bertz CT molecular complexity index is 465. The number of hydrogen-bond donors (Lipinski definition) is 1. The summed E-state index contributed by atoms with van der Waals surface area (Å²) in [6, 6.07) is 10.4. The number of pyridine rings is 1. The van der Waals surface area contributed by atoms with E-state index in [2.05, 4.69) is 50.5 Å². The number of hydrogen-bond acceptors (Lipinski definition) is 2. The lowest BCUT2D eigenvalue weighted by molar-refractivity contribution is 0.646. The summed E-state index contributed by atoms with van der Waals surface area (Å²) >= 11 is 3.44. The first-order valence-corrected chi connectivity index (χ1v) is 7.13. The molecule has 2 rings (SSSR count). The van der Waals surface area contributed by atoms with Crippen LogP contribution in [0, 0.1) is 0 Å². The molecule has 0 aliphatic rings. The van der Waals surface area contributed by atoms with Crippen molar-refractivity contribution < 1.29 is 0 Å². The maximum atomic E-state index is 4.37. The highest BCUT2D eigenvalue weighted by Crippen LogP contribution is 2.15. The minimum absolute atomic E-state index is 0.922. The van der Waals surface area contributed by atoms with Gasteiger partial charge in [0.1, 0.15) is 0 Å². The van der Waals surface area contributed by atoms with Crippen LogP contribution >= 0.6 is 15.9 Å². The van der Waals surface area contributed by atoms with Gasteiger partial charge in [0.25, 0.3) is 0 Å². The van der Waals surface area contributed by atoms with Gasteiger partial charge in [-0.3, -0.25) is 4.98 Å². The molecule has 0 aliphatic heterocycles. The van der Waals surface area contributed by atoms with Gasteiger partial charge in [-0.25, -0.2) is 0 Å². The van der Waals surface area contributed by atoms with Gasteiger partial charge in [0.15, 0.2) is 0 Å². The van der Waals surface area contributed by atoms with E-state index in [4.69, 9.17) is 0 Å². The third-order valence-corrected chi connectivity index (χ3v) is 3.35. The first-order chi connectivity index (χ1) is 8.42. The maximum absolute atomic E-state index is 4.37. The highest BCUT2D eigenvalue weighted by atomic mass is 79.9. The fraction of sp³-hybridized carbons (Fsp3) is 0.357. The van der Waals surface area contributed by atoms with Crippen LogP contribution in [0.25, 0.3) is 10.9 Å². The minimum Gasteiger partial charge on any atom is -0.313 e. The molecule has 0 aliphatic carbocycles. The van der Waals surface area contributed by atoms with Crippen molar-refractivity contribution in [2.75, 3.05) is 11.9 Å². The zero-order valence-corrected chi connectivity index (χ0v) is 11.4. The van der Waals surface area contributed by atoms with E-state index >= 15 is 0 Å². The van der Waals surface area contributed by atoms with Crippen LogP contribution in [0.3, 0.4) is 0 Å². The highest BCUT2D eigenvalue weighted by Gasteiger charge is 2.00. The standard InChI is InChI=1S/C14H17BrN2/c15-8-3-4-9-16-11-12-7-10-17-14-6-2-1-5-13(12)14/h1-2,5-7,10,16H,3-4,8-9,11H2. The van der Waals surface area contributed by atoms with Gasteiger partial charge in [-0.2, -0.15) is 0 Å². The fourth-order valence-electron chi connectivity index (χ4n) is 1.88. The Kier molecular flexibility index (Phi) is 4.95. The van der Waals surface area contributed by atoms with E-state index in [-0.39, 0.29) is 0 Å². The van der Waals surface area contributed by atoms with Crippen LogP contribution in [0.15, 0.2) is 36.5 Å².